The van der Waals surface area contributed by atoms with Crippen LogP contribution in [0.5, 0.6) is 0 Å². The Balaban J connectivity index is 1.86. The Morgan fingerprint density at radius 2 is 1.91 bits per heavy atom. The van der Waals surface area contributed by atoms with Crippen LogP contribution >= 0.6 is 34.9 Å². The van der Waals surface area contributed by atoms with Gasteiger partial charge in [-0.15, -0.1) is 10.2 Å². The van der Waals surface area contributed by atoms with Crippen LogP contribution in [0.15, 0.2) is 20.8 Å². The van der Waals surface area contributed by atoms with Gasteiger partial charge in [0.25, 0.3) is 0 Å². The van der Waals surface area contributed by atoms with E-state index >= 15 is 0 Å². The van der Waals surface area contributed by atoms with Crippen LogP contribution in [0.3, 0.4) is 0 Å². The minimum Gasteiger partial charge on any atom is -0.342 e. The Morgan fingerprint density at radius 3 is 2.55 bits per heavy atom. The van der Waals surface area contributed by atoms with Gasteiger partial charge < -0.3 is 4.90 Å². The second-order valence-electron chi connectivity index (χ2n) is 5.58. The summed E-state index contributed by atoms with van der Waals surface area (Å²) in [6, 6.07) is 0. The lowest BCUT2D eigenvalue weighted by molar-refractivity contribution is -0.130. The summed E-state index contributed by atoms with van der Waals surface area (Å²) in [5.74, 6) is 1.10. The van der Waals surface area contributed by atoms with Gasteiger partial charge in [0, 0.05) is 18.8 Å². The molecule has 22 heavy (non-hydrogen) atoms. The maximum atomic E-state index is 12.5. The van der Waals surface area contributed by atoms with Crippen LogP contribution in [-0.2, 0) is 4.79 Å². The molecular formula is C15H23N3OS3. The Labute approximate surface area is 145 Å². The zero-order chi connectivity index (χ0) is 15.9. The molecule has 7 heteroatoms. The molecule has 1 fully saturated rings. The van der Waals surface area contributed by atoms with Gasteiger partial charge in [-0.3, -0.25) is 4.79 Å². The molecule has 0 aromatic carbocycles. The SMILES string of the molecule is C=C(C)CSc1nnc(SC(C)C(=O)N2CCCCCC2)s1. The molecule has 1 atom stereocenters. The number of aromatic nitrogens is 2. The molecule has 2 rings (SSSR count). The number of thioether (sulfide) groups is 2. The van der Waals surface area contributed by atoms with E-state index in [2.05, 4.69) is 16.8 Å². The van der Waals surface area contributed by atoms with Gasteiger partial charge in [-0.25, -0.2) is 0 Å². The van der Waals surface area contributed by atoms with Crippen molar-refractivity contribution in [3.05, 3.63) is 12.2 Å². The average Bonchev–Trinajstić information content (AvgIpc) is 2.75. The molecule has 122 valence electrons. The summed E-state index contributed by atoms with van der Waals surface area (Å²) in [7, 11) is 0. The molecule has 1 aromatic rings. The first-order valence-corrected chi connectivity index (χ1v) is 10.3. The molecular weight excluding hydrogens is 334 g/mol. The van der Waals surface area contributed by atoms with Crippen LogP contribution < -0.4 is 0 Å². The number of hydrogen-bond acceptors (Lipinski definition) is 6. The highest BCUT2D eigenvalue weighted by atomic mass is 32.2. The molecule has 1 saturated heterocycles. The number of carbonyl (C=O) groups is 1. The van der Waals surface area contributed by atoms with Gasteiger partial charge in [-0.1, -0.05) is 59.9 Å². The first kappa shape index (κ1) is 17.8. The highest BCUT2D eigenvalue weighted by Gasteiger charge is 2.23. The van der Waals surface area contributed by atoms with E-state index in [1.54, 1.807) is 23.1 Å². The smallest absolute Gasteiger partial charge is 0.235 e. The molecule has 1 aliphatic heterocycles. The van der Waals surface area contributed by atoms with Gasteiger partial charge >= 0.3 is 0 Å². The third-order valence-electron chi connectivity index (χ3n) is 3.37. The minimum absolute atomic E-state index is 0.0926. The summed E-state index contributed by atoms with van der Waals surface area (Å²) in [5.41, 5.74) is 1.12. The van der Waals surface area contributed by atoms with E-state index in [0.717, 1.165) is 45.9 Å². The van der Waals surface area contributed by atoms with Crippen molar-refractivity contribution in [2.24, 2.45) is 0 Å². The zero-order valence-electron chi connectivity index (χ0n) is 13.2. The maximum Gasteiger partial charge on any atom is 0.235 e. The number of carbonyl (C=O) groups excluding carboxylic acids is 1. The molecule has 0 radical (unpaired) electrons. The second-order valence-corrected chi connectivity index (χ2v) is 9.37. The van der Waals surface area contributed by atoms with Crippen LogP contribution in [0.25, 0.3) is 0 Å². The van der Waals surface area contributed by atoms with Crippen molar-refractivity contribution < 1.29 is 4.79 Å². The van der Waals surface area contributed by atoms with Crippen LogP contribution in [0.4, 0.5) is 0 Å². The maximum absolute atomic E-state index is 12.5. The molecule has 1 aromatic heterocycles. The molecule has 0 spiro atoms. The van der Waals surface area contributed by atoms with E-state index < -0.39 is 0 Å². The van der Waals surface area contributed by atoms with Gasteiger partial charge in [0.15, 0.2) is 8.68 Å². The lowest BCUT2D eigenvalue weighted by Crippen LogP contribution is -2.37. The van der Waals surface area contributed by atoms with Crippen molar-refractivity contribution in [1.82, 2.24) is 15.1 Å². The predicted molar refractivity (Wildman–Crippen MR) is 95.8 cm³/mol. The summed E-state index contributed by atoms with van der Waals surface area (Å²) in [4.78, 5) is 14.5. The standard InChI is InChI=1S/C15H23N3OS3/c1-11(2)10-20-14-16-17-15(22-14)21-12(3)13(19)18-8-6-4-5-7-9-18/h12H,1,4-10H2,2-3H3. The largest absolute Gasteiger partial charge is 0.342 e. The van der Waals surface area contributed by atoms with Crippen LogP contribution in [0.1, 0.15) is 39.5 Å². The average molecular weight is 358 g/mol. The molecule has 2 heterocycles. The van der Waals surface area contributed by atoms with Crippen molar-refractivity contribution in [3.8, 4) is 0 Å². The van der Waals surface area contributed by atoms with Gasteiger partial charge in [0.1, 0.15) is 0 Å². The number of amides is 1. The minimum atomic E-state index is -0.0926. The molecule has 1 unspecified atom stereocenters. The lowest BCUT2D eigenvalue weighted by Gasteiger charge is -2.23. The second kappa shape index (κ2) is 8.93. The van der Waals surface area contributed by atoms with E-state index in [9.17, 15) is 4.79 Å². The van der Waals surface area contributed by atoms with Crippen LogP contribution in [0, 0.1) is 0 Å². The van der Waals surface area contributed by atoms with Gasteiger partial charge in [0.05, 0.1) is 5.25 Å². The third kappa shape index (κ3) is 5.59. The summed E-state index contributed by atoms with van der Waals surface area (Å²) in [5, 5.41) is 8.27. The Hall–Kier alpha value is -0.530. The molecule has 0 N–H and O–H groups in total. The quantitative estimate of drug-likeness (QED) is 0.567. The zero-order valence-corrected chi connectivity index (χ0v) is 15.7. The fourth-order valence-corrected chi connectivity index (χ4v) is 5.33. The number of nitrogens with zero attached hydrogens (tertiary/aromatic N) is 3. The summed E-state index contributed by atoms with van der Waals surface area (Å²) >= 11 is 4.74. The fraction of sp³-hybridized carbons (Fsp3) is 0.667. The van der Waals surface area contributed by atoms with E-state index in [-0.39, 0.29) is 11.2 Å². The molecule has 1 aliphatic rings. The first-order valence-electron chi connectivity index (χ1n) is 7.62. The van der Waals surface area contributed by atoms with Gasteiger partial charge in [-0.2, -0.15) is 0 Å². The van der Waals surface area contributed by atoms with Crippen molar-refractivity contribution in [2.75, 3.05) is 18.8 Å². The monoisotopic (exact) mass is 357 g/mol. The normalized spacial score (nSPS) is 17.1. The van der Waals surface area contributed by atoms with Gasteiger partial charge in [0.2, 0.25) is 5.91 Å². The number of hydrogen-bond donors (Lipinski definition) is 0. The van der Waals surface area contributed by atoms with Crippen molar-refractivity contribution in [3.63, 3.8) is 0 Å². The fourth-order valence-electron chi connectivity index (χ4n) is 2.24. The van der Waals surface area contributed by atoms with E-state index in [0.29, 0.717) is 0 Å². The molecule has 4 nitrogen and oxygen atoms in total. The van der Waals surface area contributed by atoms with E-state index in [1.165, 1.54) is 24.6 Å². The molecule has 0 aliphatic carbocycles. The van der Waals surface area contributed by atoms with Crippen LogP contribution in [0.2, 0.25) is 0 Å². The van der Waals surface area contributed by atoms with Crippen molar-refractivity contribution in [2.45, 2.75) is 53.5 Å². The van der Waals surface area contributed by atoms with Crippen molar-refractivity contribution in [1.29, 1.82) is 0 Å². The summed E-state index contributed by atoms with van der Waals surface area (Å²) in [6.45, 7) is 9.67. The third-order valence-corrected chi connectivity index (χ3v) is 6.83. The Morgan fingerprint density at radius 1 is 1.27 bits per heavy atom. The molecule has 0 saturated carbocycles. The summed E-state index contributed by atoms with van der Waals surface area (Å²) < 4.78 is 1.82. The van der Waals surface area contributed by atoms with Gasteiger partial charge in [-0.05, 0) is 26.7 Å². The Kier molecular flexibility index (Phi) is 7.24. The topological polar surface area (TPSA) is 46.1 Å². The Bertz CT molecular complexity index is 510. The van der Waals surface area contributed by atoms with E-state index in [4.69, 9.17) is 0 Å². The predicted octanol–water partition coefficient (Wildman–Crippen LogP) is 4.09. The van der Waals surface area contributed by atoms with Crippen molar-refractivity contribution >= 4 is 40.8 Å². The number of likely N-dealkylation sites (tertiary alicyclic amines) is 1. The van der Waals surface area contributed by atoms with E-state index in [1.807, 2.05) is 18.7 Å². The molecule has 0 bridgehead atoms. The first-order chi connectivity index (χ1) is 10.6. The highest BCUT2D eigenvalue weighted by Crippen LogP contribution is 2.32. The molecule has 1 amide bonds. The number of rotatable bonds is 6. The highest BCUT2D eigenvalue weighted by molar-refractivity contribution is 8.04. The summed E-state index contributed by atoms with van der Waals surface area (Å²) in [6.07, 6.45) is 4.74. The lowest BCUT2D eigenvalue weighted by atomic mass is 10.2. The van der Waals surface area contributed by atoms with Crippen LogP contribution in [-0.4, -0.2) is 45.1 Å².